The van der Waals surface area contributed by atoms with Crippen LogP contribution in [0.1, 0.15) is 18.4 Å². The van der Waals surface area contributed by atoms with E-state index in [2.05, 4.69) is 21.7 Å². The lowest BCUT2D eigenvalue weighted by atomic mass is 10.2. The number of likely N-dealkylation sites (tertiary alicyclic amines) is 1. The van der Waals surface area contributed by atoms with Crippen LogP contribution in [0.2, 0.25) is 0 Å². The lowest BCUT2D eigenvalue weighted by molar-refractivity contribution is -0.130. The molecule has 1 aliphatic rings. The summed E-state index contributed by atoms with van der Waals surface area (Å²) in [6.45, 7) is 4.35. The molecule has 0 bridgehead atoms. The van der Waals surface area contributed by atoms with Crippen LogP contribution in [-0.2, 0) is 4.79 Å². The van der Waals surface area contributed by atoms with E-state index in [0.717, 1.165) is 24.2 Å². The third kappa shape index (κ3) is 4.43. The van der Waals surface area contributed by atoms with Gasteiger partial charge in [-0.1, -0.05) is 6.07 Å². The van der Waals surface area contributed by atoms with Crippen LogP contribution in [0.3, 0.4) is 0 Å². The Morgan fingerprint density at radius 1 is 1.52 bits per heavy atom. The normalized spacial score (nSPS) is 17.5. The summed E-state index contributed by atoms with van der Waals surface area (Å²) in [5, 5.41) is 15.2. The molecule has 1 aromatic heterocycles. The van der Waals surface area contributed by atoms with Crippen LogP contribution in [0.25, 0.3) is 0 Å². The fourth-order valence-corrected chi connectivity index (χ4v) is 2.35. The molecule has 6 heteroatoms. The number of rotatable bonds is 6. The Labute approximate surface area is 125 Å². The number of aryl methyl sites for hydroxylation is 1. The van der Waals surface area contributed by atoms with Crippen molar-refractivity contribution in [3.05, 3.63) is 23.9 Å². The molecule has 0 radical (unpaired) electrons. The van der Waals surface area contributed by atoms with Crippen molar-refractivity contribution in [1.29, 1.82) is 5.26 Å². The minimum Gasteiger partial charge on any atom is -0.369 e. The molecule has 0 aromatic carbocycles. The number of carbonyl (C=O) groups is 1. The standard InChI is InChI=1S/C15H21N5O/c1-12-4-5-14(19-10-12)18-7-6-17-11-15(21)20-8-2-3-13(20)9-16/h4-5,10,13,17H,2-3,6-8,11H2,1H3,(H,18,19)/t13-/m0/s1. The van der Waals surface area contributed by atoms with Crippen LogP contribution >= 0.6 is 0 Å². The summed E-state index contributed by atoms with van der Waals surface area (Å²) in [4.78, 5) is 17.9. The molecule has 0 unspecified atom stereocenters. The average Bonchev–Trinajstić information content (AvgIpc) is 2.97. The van der Waals surface area contributed by atoms with Crippen molar-refractivity contribution in [3.63, 3.8) is 0 Å². The van der Waals surface area contributed by atoms with E-state index < -0.39 is 0 Å². The van der Waals surface area contributed by atoms with E-state index in [-0.39, 0.29) is 18.5 Å². The van der Waals surface area contributed by atoms with Crippen molar-refractivity contribution < 1.29 is 4.79 Å². The summed E-state index contributed by atoms with van der Waals surface area (Å²) in [7, 11) is 0. The zero-order valence-corrected chi connectivity index (χ0v) is 12.3. The van der Waals surface area contributed by atoms with Gasteiger partial charge in [0.1, 0.15) is 11.9 Å². The van der Waals surface area contributed by atoms with Crippen LogP contribution in [0.5, 0.6) is 0 Å². The predicted octanol–water partition coefficient (Wildman–Crippen LogP) is 0.906. The van der Waals surface area contributed by atoms with E-state index in [1.165, 1.54) is 0 Å². The molecular formula is C15H21N5O. The first kappa shape index (κ1) is 15.3. The predicted molar refractivity (Wildman–Crippen MR) is 80.7 cm³/mol. The van der Waals surface area contributed by atoms with Crippen LogP contribution in [0.15, 0.2) is 18.3 Å². The molecular weight excluding hydrogens is 266 g/mol. The molecule has 1 atom stereocenters. The molecule has 6 nitrogen and oxygen atoms in total. The van der Waals surface area contributed by atoms with Gasteiger partial charge in [-0.15, -0.1) is 0 Å². The fourth-order valence-electron chi connectivity index (χ4n) is 2.35. The van der Waals surface area contributed by atoms with E-state index in [9.17, 15) is 4.79 Å². The molecule has 2 N–H and O–H groups in total. The third-order valence-electron chi connectivity index (χ3n) is 3.52. The zero-order valence-electron chi connectivity index (χ0n) is 12.3. The Balaban J connectivity index is 1.62. The van der Waals surface area contributed by atoms with E-state index >= 15 is 0 Å². The van der Waals surface area contributed by atoms with Crippen molar-refractivity contribution in [2.24, 2.45) is 0 Å². The van der Waals surface area contributed by atoms with Gasteiger partial charge in [-0.2, -0.15) is 5.26 Å². The van der Waals surface area contributed by atoms with Crippen molar-refractivity contribution in [2.45, 2.75) is 25.8 Å². The molecule has 1 aliphatic heterocycles. The first-order valence-corrected chi connectivity index (χ1v) is 7.27. The first-order chi connectivity index (χ1) is 10.2. The van der Waals surface area contributed by atoms with Crippen LogP contribution < -0.4 is 10.6 Å². The monoisotopic (exact) mass is 287 g/mol. The highest BCUT2D eigenvalue weighted by atomic mass is 16.2. The van der Waals surface area contributed by atoms with Gasteiger partial charge in [0.25, 0.3) is 0 Å². The highest BCUT2D eigenvalue weighted by Gasteiger charge is 2.27. The highest BCUT2D eigenvalue weighted by Crippen LogP contribution is 2.15. The number of carbonyl (C=O) groups excluding carboxylic acids is 1. The zero-order chi connectivity index (χ0) is 15.1. The Hall–Kier alpha value is -2.13. The second-order valence-corrected chi connectivity index (χ2v) is 5.20. The molecule has 112 valence electrons. The Morgan fingerprint density at radius 3 is 3.10 bits per heavy atom. The van der Waals surface area contributed by atoms with Gasteiger partial charge in [-0.3, -0.25) is 4.79 Å². The van der Waals surface area contributed by atoms with Gasteiger partial charge in [0, 0.05) is 25.8 Å². The SMILES string of the molecule is Cc1ccc(NCCNCC(=O)N2CCC[C@H]2C#N)nc1. The summed E-state index contributed by atoms with van der Waals surface area (Å²) in [5.74, 6) is 0.838. The van der Waals surface area contributed by atoms with Gasteiger partial charge in [0.05, 0.1) is 12.6 Å². The number of nitriles is 1. The Kier molecular flexibility index (Phi) is 5.52. The van der Waals surface area contributed by atoms with Crippen LogP contribution in [0.4, 0.5) is 5.82 Å². The van der Waals surface area contributed by atoms with E-state index in [0.29, 0.717) is 19.6 Å². The van der Waals surface area contributed by atoms with Crippen molar-refractivity contribution in [1.82, 2.24) is 15.2 Å². The summed E-state index contributed by atoms with van der Waals surface area (Å²) < 4.78 is 0. The largest absolute Gasteiger partial charge is 0.369 e. The van der Waals surface area contributed by atoms with Crippen molar-refractivity contribution in [2.75, 3.05) is 31.5 Å². The van der Waals surface area contributed by atoms with Gasteiger partial charge in [0.2, 0.25) is 5.91 Å². The quantitative estimate of drug-likeness (QED) is 0.760. The number of anilines is 1. The summed E-state index contributed by atoms with van der Waals surface area (Å²) >= 11 is 0. The number of nitrogens with one attached hydrogen (secondary N) is 2. The molecule has 0 spiro atoms. The van der Waals surface area contributed by atoms with E-state index in [4.69, 9.17) is 5.26 Å². The molecule has 1 aromatic rings. The van der Waals surface area contributed by atoms with Gasteiger partial charge < -0.3 is 15.5 Å². The minimum absolute atomic E-state index is 0.00695. The fraction of sp³-hybridized carbons (Fsp3) is 0.533. The molecule has 1 saturated heterocycles. The van der Waals surface area contributed by atoms with Gasteiger partial charge in [-0.25, -0.2) is 4.98 Å². The first-order valence-electron chi connectivity index (χ1n) is 7.27. The van der Waals surface area contributed by atoms with Gasteiger partial charge in [-0.05, 0) is 31.4 Å². The number of amides is 1. The highest BCUT2D eigenvalue weighted by molar-refractivity contribution is 5.79. The van der Waals surface area contributed by atoms with Crippen molar-refractivity contribution >= 4 is 11.7 Å². The van der Waals surface area contributed by atoms with Crippen LogP contribution in [0, 0.1) is 18.3 Å². The van der Waals surface area contributed by atoms with E-state index in [1.54, 1.807) is 4.90 Å². The molecule has 2 rings (SSSR count). The number of pyridine rings is 1. The van der Waals surface area contributed by atoms with Gasteiger partial charge >= 0.3 is 0 Å². The summed E-state index contributed by atoms with van der Waals surface area (Å²) in [6.07, 6.45) is 3.53. The molecule has 1 fully saturated rings. The van der Waals surface area contributed by atoms with Crippen molar-refractivity contribution in [3.8, 4) is 6.07 Å². The maximum absolute atomic E-state index is 12.0. The maximum Gasteiger partial charge on any atom is 0.237 e. The molecule has 1 amide bonds. The minimum atomic E-state index is -0.241. The number of hydrogen-bond donors (Lipinski definition) is 2. The Morgan fingerprint density at radius 2 is 2.38 bits per heavy atom. The number of nitrogens with zero attached hydrogens (tertiary/aromatic N) is 3. The van der Waals surface area contributed by atoms with E-state index in [1.807, 2.05) is 25.3 Å². The maximum atomic E-state index is 12.0. The molecule has 0 aliphatic carbocycles. The Bertz CT molecular complexity index is 508. The second-order valence-electron chi connectivity index (χ2n) is 5.20. The number of hydrogen-bond acceptors (Lipinski definition) is 5. The summed E-state index contributed by atoms with van der Waals surface area (Å²) in [5.41, 5.74) is 1.13. The van der Waals surface area contributed by atoms with Gasteiger partial charge in [0.15, 0.2) is 0 Å². The topological polar surface area (TPSA) is 81.0 Å². The lowest BCUT2D eigenvalue weighted by Crippen LogP contribution is -2.41. The second kappa shape index (κ2) is 7.60. The third-order valence-corrected chi connectivity index (χ3v) is 3.52. The molecule has 2 heterocycles. The summed E-state index contributed by atoms with van der Waals surface area (Å²) in [6, 6.07) is 5.87. The number of aromatic nitrogens is 1. The average molecular weight is 287 g/mol. The molecule has 0 saturated carbocycles. The smallest absolute Gasteiger partial charge is 0.237 e. The molecule has 21 heavy (non-hydrogen) atoms. The lowest BCUT2D eigenvalue weighted by Gasteiger charge is -2.19. The van der Waals surface area contributed by atoms with Crippen LogP contribution in [-0.4, -0.2) is 48.0 Å².